The van der Waals surface area contributed by atoms with Crippen molar-refractivity contribution in [2.24, 2.45) is 0 Å². The Balaban J connectivity index is 0.00000148. The second-order valence-electron chi connectivity index (χ2n) is 8.44. The van der Waals surface area contributed by atoms with E-state index in [4.69, 9.17) is 25.5 Å². The molecule has 2 aliphatic heterocycles. The fraction of sp³-hybridized carbons (Fsp3) is 0.542. The van der Waals surface area contributed by atoms with Gasteiger partial charge in [0, 0.05) is 56.9 Å². The molecule has 0 saturated carbocycles. The standard InChI is InChI=1S/C22H28N8O3S.C2H6/c1-14-16(11-24-22(23)25-14)20-26-17-10-15(12-28-2-4-29(5-3-28)18(32)13-31)34-19(17)21(27-20)30-6-8-33-9-7-30;1-2/h10-11,31H,2-9,12-13H2,1H3,(H2,23,24,25);1-2H3. The molecule has 3 aromatic heterocycles. The van der Waals surface area contributed by atoms with Gasteiger partial charge >= 0.3 is 0 Å². The van der Waals surface area contributed by atoms with Crippen molar-refractivity contribution in [1.29, 1.82) is 0 Å². The number of carbonyl (C=O) groups is 1. The number of aromatic nitrogens is 4. The summed E-state index contributed by atoms with van der Waals surface area (Å²) in [5.41, 5.74) is 8.15. The molecule has 12 heteroatoms. The normalized spacial score (nSPS) is 16.7. The molecule has 0 atom stereocenters. The lowest BCUT2D eigenvalue weighted by molar-refractivity contribution is -0.135. The quantitative estimate of drug-likeness (QED) is 0.516. The van der Waals surface area contributed by atoms with E-state index in [0.717, 1.165) is 60.0 Å². The van der Waals surface area contributed by atoms with Crippen LogP contribution >= 0.6 is 11.3 Å². The van der Waals surface area contributed by atoms with Crippen LogP contribution in [0.25, 0.3) is 21.6 Å². The first-order valence-corrected chi connectivity index (χ1v) is 13.2. The number of aliphatic hydroxyl groups is 1. The molecule has 194 valence electrons. The van der Waals surface area contributed by atoms with Crippen molar-refractivity contribution in [2.75, 3.05) is 69.7 Å². The van der Waals surface area contributed by atoms with Gasteiger partial charge in [0.1, 0.15) is 6.61 Å². The van der Waals surface area contributed by atoms with Gasteiger partial charge in [-0.25, -0.2) is 19.9 Å². The first kappa shape index (κ1) is 26.1. The Kier molecular flexibility index (Phi) is 8.62. The molecule has 5 heterocycles. The minimum atomic E-state index is -0.430. The molecule has 5 rings (SSSR count). The van der Waals surface area contributed by atoms with Crippen LogP contribution in [-0.4, -0.2) is 99.8 Å². The predicted molar refractivity (Wildman–Crippen MR) is 141 cm³/mol. The monoisotopic (exact) mass is 514 g/mol. The molecule has 0 spiro atoms. The SMILES string of the molecule is CC.Cc1nc(N)ncc1-c1nc(N2CCOCC2)c2sc(CN3CCN(C(=O)CO)CC3)cc2n1. The summed E-state index contributed by atoms with van der Waals surface area (Å²) in [7, 11) is 0. The third kappa shape index (κ3) is 5.72. The number of thiophene rings is 1. The van der Waals surface area contributed by atoms with E-state index in [-0.39, 0.29) is 11.9 Å². The largest absolute Gasteiger partial charge is 0.387 e. The number of anilines is 2. The lowest BCUT2D eigenvalue weighted by Crippen LogP contribution is -2.49. The second kappa shape index (κ2) is 11.9. The Morgan fingerprint density at radius 2 is 1.83 bits per heavy atom. The average Bonchev–Trinajstić information content (AvgIpc) is 3.32. The van der Waals surface area contributed by atoms with Crippen molar-refractivity contribution >= 4 is 39.2 Å². The van der Waals surface area contributed by atoms with Crippen molar-refractivity contribution in [1.82, 2.24) is 29.7 Å². The van der Waals surface area contributed by atoms with Crippen LogP contribution in [0.1, 0.15) is 24.4 Å². The Labute approximate surface area is 214 Å². The minimum absolute atomic E-state index is 0.207. The van der Waals surface area contributed by atoms with Gasteiger partial charge < -0.3 is 25.4 Å². The number of rotatable bonds is 5. The van der Waals surface area contributed by atoms with Crippen LogP contribution in [0.15, 0.2) is 12.3 Å². The predicted octanol–water partition coefficient (Wildman–Crippen LogP) is 1.54. The van der Waals surface area contributed by atoms with Crippen molar-refractivity contribution in [3.05, 3.63) is 22.8 Å². The number of carbonyl (C=O) groups excluding carboxylic acids is 1. The number of hydrogen-bond donors (Lipinski definition) is 2. The number of piperazine rings is 1. The van der Waals surface area contributed by atoms with E-state index in [0.29, 0.717) is 32.1 Å². The van der Waals surface area contributed by atoms with Crippen LogP contribution in [0.5, 0.6) is 0 Å². The first-order valence-electron chi connectivity index (χ1n) is 12.4. The number of nitrogens with two attached hydrogens (primary N) is 1. The highest BCUT2D eigenvalue weighted by molar-refractivity contribution is 7.19. The molecule has 0 aliphatic carbocycles. The minimum Gasteiger partial charge on any atom is -0.387 e. The molecule has 36 heavy (non-hydrogen) atoms. The summed E-state index contributed by atoms with van der Waals surface area (Å²) >= 11 is 1.71. The van der Waals surface area contributed by atoms with Crippen LogP contribution in [-0.2, 0) is 16.1 Å². The van der Waals surface area contributed by atoms with Crippen LogP contribution in [0.3, 0.4) is 0 Å². The van der Waals surface area contributed by atoms with Crippen LogP contribution < -0.4 is 10.6 Å². The summed E-state index contributed by atoms with van der Waals surface area (Å²) < 4.78 is 6.61. The maximum atomic E-state index is 11.7. The molecule has 0 unspecified atom stereocenters. The number of morpholine rings is 1. The van der Waals surface area contributed by atoms with Gasteiger partial charge in [-0.05, 0) is 13.0 Å². The van der Waals surface area contributed by atoms with E-state index in [2.05, 4.69) is 25.8 Å². The molecular weight excluding hydrogens is 480 g/mol. The number of ether oxygens (including phenoxy) is 1. The zero-order valence-corrected chi connectivity index (χ0v) is 21.9. The van der Waals surface area contributed by atoms with Crippen molar-refractivity contribution in [3.8, 4) is 11.4 Å². The molecule has 0 radical (unpaired) electrons. The van der Waals surface area contributed by atoms with Gasteiger partial charge in [0.25, 0.3) is 0 Å². The maximum absolute atomic E-state index is 11.7. The van der Waals surface area contributed by atoms with E-state index in [9.17, 15) is 4.79 Å². The van der Waals surface area contributed by atoms with E-state index in [1.165, 1.54) is 4.88 Å². The van der Waals surface area contributed by atoms with Crippen molar-refractivity contribution < 1.29 is 14.6 Å². The fourth-order valence-electron chi connectivity index (χ4n) is 4.33. The number of hydrogen-bond acceptors (Lipinski definition) is 11. The molecular formula is C24H34N8O3S. The third-order valence-corrected chi connectivity index (χ3v) is 7.30. The van der Waals surface area contributed by atoms with Crippen molar-refractivity contribution in [2.45, 2.75) is 27.3 Å². The van der Waals surface area contributed by atoms with E-state index in [1.54, 1.807) is 22.4 Å². The van der Waals surface area contributed by atoms with Gasteiger partial charge in [-0.3, -0.25) is 9.69 Å². The number of aryl methyl sites for hydroxylation is 1. The molecule has 2 aliphatic rings. The highest BCUT2D eigenvalue weighted by Crippen LogP contribution is 2.35. The van der Waals surface area contributed by atoms with Gasteiger partial charge in [0.15, 0.2) is 11.6 Å². The van der Waals surface area contributed by atoms with E-state index < -0.39 is 6.61 Å². The van der Waals surface area contributed by atoms with Gasteiger partial charge in [-0.15, -0.1) is 11.3 Å². The van der Waals surface area contributed by atoms with E-state index in [1.807, 2.05) is 20.8 Å². The van der Waals surface area contributed by atoms with Gasteiger partial charge in [0.05, 0.1) is 34.7 Å². The Bertz CT molecular complexity index is 1190. The molecule has 0 aromatic carbocycles. The van der Waals surface area contributed by atoms with Crippen LogP contribution in [0.2, 0.25) is 0 Å². The number of aliphatic hydroxyl groups excluding tert-OH is 1. The summed E-state index contributed by atoms with van der Waals surface area (Å²) in [6, 6.07) is 2.13. The highest BCUT2D eigenvalue weighted by Gasteiger charge is 2.24. The van der Waals surface area contributed by atoms with Crippen LogP contribution in [0, 0.1) is 6.92 Å². The number of fused-ring (bicyclic) bond motifs is 1. The summed E-state index contributed by atoms with van der Waals surface area (Å²) in [5, 5.41) is 9.10. The second-order valence-corrected chi connectivity index (χ2v) is 9.58. The topological polar surface area (TPSA) is 134 Å². The number of amides is 1. The molecule has 3 aromatic rings. The lowest BCUT2D eigenvalue weighted by Gasteiger charge is -2.34. The summed E-state index contributed by atoms with van der Waals surface area (Å²) in [5.74, 6) is 1.52. The fourth-order valence-corrected chi connectivity index (χ4v) is 5.49. The van der Waals surface area contributed by atoms with Gasteiger partial charge in [-0.2, -0.15) is 0 Å². The van der Waals surface area contributed by atoms with Crippen LogP contribution in [0.4, 0.5) is 11.8 Å². The molecule has 2 saturated heterocycles. The smallest absolute Gasteiger partial charge is 0.248 e. The molecule has 11 nitrogen and oxygen atoms in total. The van der Waals surface area contributed by atoms with E-state index >= 15 is 0 Å². The van der Waals surface area contributed by atoms with Gasteiger partial charge in [0.2, 0.25) is 11.9 Å². The molecule has 3 N–H and O–H groups in total. The third-order valence-electron chi connectivity index (χ3n) is 6.19. The van der Waals surface area contributed by atoms with Crippen molar-refractivity contribution in [3.63, 3.8) is 0 Å². The zero-order valence-electron chi connectivity index (χ0n) is 21.1. The Morgan fingerprint density at radius 3 is 2.50 bits per heavy atom. The molecule has 1 amide bonds. The first-order chi connectivity index (χ1) is 17.5. The summed E-state index contributed by atoms with van der Waals surface area (Å²) in [6.07, 6.45) is 1.68. The van der Waals surface area contributed by atoms with Gasteiger partial charge in [-0.1, -0.05) is 13.8 Å². The Morgan fingerprint density at radius 1 is 1.11 bits per heavy atom. The maximum Gasteiger partial charge on any atom is 0.248 e. The number of nitrogen functional groups attached to an aromatic ring is 1. The molecule has 2 fully saturated rings. The average molecular weight is 515 g/mol. The summed E-state index contributed by atoms with van der Waals surface area (Å²) in [6.45, 7) is 11.9. The zero-order chi connectivity index (χ0) is 25.7. The lowest BCUT2D eigenvalue weighted by atomic mass is 10.2. The summed E-state index contributed by atoms with van der Waals surface area (Å²) in [4.78, 5) is 37.5. The Hall–Kier alpha value is -2.93. The highest BCUT2D eigenvalue weighted by atomic mass is 32.1. The molecule has 0 bridgehead atoms. The number of nitrogens with zero attached hydrogens (tertiary/aromatic N) is 7.